The molecule has 1 rings (SSSR count). The van der Waals surface area contributed by atoms with Crippen molar-refractivity contribution in [3.05, 3.63) is 18.2 Å². The number of hydrogen-bond acceptors (Lipinski definition) is 2. The second-order valence-electron chi connectivity index (χ2n) is 1.42. The van der Waals surface area contributed by atoms with Gasteiger partial charge in [-0.1, -0.05) is 12.1 Å². The Kier molecular flexibility index (Phi) is 0.919. The van der Waals surface area contributed by atoms with Crippen molar-refractivity contribution in [3.63, 3.8) is 0 Å². The highest BCUT2D eigenvalue weighted by Gasteiger charge is 1.82. The number of nitrogens with two attached hydrogens (primary N) is 1. The van der Waals surface area contributed by atoms with Crippen LogP contribution in [0.3, 0.4) is 0 Å². The molecular weight excluding hydrogens is 98.9 g/mol. The highest BCUT2D eigenvalue weighted by Crippen LogP contribution is 1.87. The summed E-state index contributed by atoms with van der Waals surface area (Å²) in [7, 11) is 5.25. The lowest BCUT2D eigenvalue weighted by atomic mass is 10.0. The minimum atomic E-state index is 0.292. The molecule has 0 fully saturated rings. The molecule has 0 spiro atoms. The zero-order valence-electron chi connectivity index (χ0n) is 5.26. The largest absolute Gasteiger partial charge is 0.384 e. The Morgan fingerprint density at radius 1 is 1.75 bits per heavy atom. The molecule has 2 N–H and O–H groups in total. The van der Waals surface area contributed by atoms with Crippen molar-refractivity contribution >= 4 is 19.3 Å². The average Bonchev–Trinajstić information content (AvgIpc) is 1.59. The highest BCUT2D eigenvalue weighted by molar-refractivity contribution is 6.30. The van der Waals surface area contributed by atoms with Gasteiger partial charge in [-0.2, -0.15) is 0 Å². The third kappa shape index (κ3) is 0.995. The van der Waals surface area contributed by atoms with Crippen LogP contribution in [-0.4, -0.2) is 12.8 Å². The molecule has 0 aliphatic carbocycles. The summed E-state index contributed by atoms with van der Waals surface area (Å²) in [4.78, 5) is 3.67. The standard InChI is InChI=1S/C5H5BN2/c6-4-2-1-3-5(7)8-4/h1-3H,(H2,7,8)/i1D. The summed E-state index contributed by atoms with van der Waals surface area (Å²) in [5, 5.41) is 0. The molecule has 0 bridgehead atoms. The van der Waals surface area contributed by atoms with E-state index in [0.29, 0.717) is 17.5 Å². The van der Waals surface area contributed by atoms with E-state index in [2.05, 4.69) is 4.98 Å². The summed E-state index contributed by atoms with van der Waals surface area (Å²) in [6.07, 6.45) is 0. The number of aromatic nitrogens is 1. The van der Waals surface area contributed by atoms with Gasteiger partial charge in [0.2, 0.25) is 0 Å². The van der Waals surface area contributed by atoms with Gasteiger partial charge in [-0.15, -0.1) is 0 Å². The first kappa shape index (κ1) is 3.95. The number of hydrogen-bond donors (Lipinski definition) is 1. The lowest BCUT2D eigenvalue weighted by molar-refractivity contribution is 1.39. The van der Waals surface area contributed by atoms with Gasteiger partial charge < -0.3 is 5.73 Å². The topological polar surface area (TPSA) is 38.9 Å². The molecular formula is C5H5BN2. The fourth-order valence-corrected chi connectivity index (χ4v) is 0.426. The van der Waals surface area contributed by atoms with Crippen molar-refractivity contribution in [1.29, 1.82) is 0 Å². The van der Waals surface area contributed by atoms with Gasteiger partial charge in [0.05, 0.1) is 1.37 Å². The third-order valence-corrected chi connectivity index (χ3v) is 0.721. The van der Waals surface area contributed by atoms with Crippen LogP contribution < -0.4 is 11.3 Å². The van der Waals surface area contributed by atoms with Gasteiger partial charge in [0, 0.05) is 0 Å². The van der Waals surface area contributed by atoms with Gasteiger partial charge in [-0.3, -0.25) is 0 Å². The van der Waals surface area contributed by atoms with Gasteiger partial charge in [-0.25, -0.2) is 4.98 Å². The van der Waals surface area contributed by atoms with Crippen LogP contribution in [0.1, 0.15) is 1.37 Å². The molecule has 2 nitrogen and oxygen atoms in total. The maximum atomic E-state index is 7.08. The van der Waals surface area contributed by atoms with Crippen molar-refractivity contribution in [2.75, 3.05) is 5.73 Å². The molecule has 0 unspecified atom stereocenters. The first-order chi connectivity index (χ1) is 4.18. The quantitative estimate of drug-likeness (QED) is 0.450. The predicted octanol–water partition coefficient (Wildman–Crippen LogP) is -0.542. The van der Waals surface area contributed by atoms with Gasteiger partial charge >= 0.3 is 0 Å². The fraction of sp³-hybridized carbons (Fsp3) is 0. The van der Waals surface area contributed by atoms with Crippen molar-refractivity contribution < 1.29 is 1.37 Å². The van der Waals surface area contributed by atoms with E-state index in [1.165, 1.54) is 12.1 Å². The molecule has 8 heavy (non-hydrogen) atoms. The summed E-state index contributed by atoms with van der Waals surface area (Å²) >= 11 is 0. The minimum absolute atomic E-state index is 0.292. The Balaban J connectivity index is 3.17. The van der Waals surface area contributed by atoms with E-state index in [9.17, 15) is 0 Å². The number of anilines is 1. The maximum Gasteiger partial charge on any atom is 0.141 e. The molecule has 1 aromatic heterocycles. The number of nitrogen functional groups attached to an aromatic ring is 1. The Hall–Kier alpha value is -0.985. The van der Waals surface area contributed by atoms with E-state index in [1.54, 1.807) is 0 Å². The molecule has 0 atom stereocenters. The number of nitrogens with zero attached hydrogens (tertiary/aromatic N) is 1. The Labute approximate surface area is 50.5 Å². The summed E-state index contributed by atoms with van der Waals surface area (Å²) in [5.74, 6) is 0.292. The van der Waals surface area contributed by atoms with Crippen molar-refractivity contribution in [2.24, 2.45) is 0 Å². The van der Waals surface area contributed by atoms with Gasteiger partial charge in [0.15, 0.2) is 0 Å². The summed E-state index contributed by atoms with van der Waals surface area (Å²) < 4.78 is 7.08. The molecule has 0 amide bonds. The molecule has 0 aliphatic heterocycles. The second kappa shape index (κ2) is 1.86. The summed E-state index contributed by atoms with van der Waals surface area (Å²) in [6.45, 7) is 0. The SMILES string of the molecule is [2H]c1cc([B])nc(N)c1. The third-order valence-electron chi connectivity index (χ3n) is 0.721. The molecule has 1 aromatic rings. The first-order valence-electron chi connectivity index (χ1n) is 2.68. The maximum absolute atomic E-state index is 7.08. The van der Waals surface area contributed by atoms with Crippen LogP contribution in [0, 0.1) is 0 Å². The van der Waals surface area contributed by atoms with Crippen molar-refractivity contribution in [2.45, 2.75) is 0 Å². The smallest absolute Gasteiger partial charge is 0.141 e. The van der Waals surface area contributed by atoms with Gasteiger partial charge in [0.1, 0.15) is 13.7 Å². The Bertz CT molecular complexity index is 176. The predicted molar refractivity (Wildman–Crippen MR) is 34.0 cm³/mol. The first-order valence-corrected chi connectivity index (χ1v) is 2.18. The molecule has 1 heterocycles. The number of rotatable bonds is 0. The van der Waals surface area contributed by atoms with Crippen LogP contribution in [0.2, 0.25) is 0 Å². The molecule has 0 aromatic carbocycles. The summed E-state index contributed by atoms with van der Waals surface area (Å²) in [6, 6.07) is 3.17. The molecule has 2 radical (unpaired) electrons. The van der Waals surface area contributed by atoms with Crippen LogP contribution in [0.5, 0.6) is 0 Å². The van der Waals surface area contributed by atoms with E-state index >= 15 is 0 Å². The lowest BCUT2D eigenvalue weighted by Crippen LogP contribution is -2.08. The van der Waals surface area contributed by atoms with Crippen LogP contribution in [0.25, 0.3) is 0 Å². The van der Waals surface area contributed by atoms with Gasteiger partial charge in [0.25, 0.3) is 0 Å². The van der Waals surface area contributed by atoms with E-state index < -0.39 is 0 Å². The average molecular weight is 105 g/mol. The molecule has 0 saturated heterocycles. The molecule has 38 valence electrons. The fourth-order valence-electron chi connectivity index (χ4n) is 0.426. The molecule has 0 aliphatic rings. The normalized spacial score (nSPS) is 10.8. The van der Waals surface area contributed by atoms with Gasteiger partial charge in [-0.05, 0) is 11.7 Å². The summed E-state index contributed by atoms with van der Waals surface area (Å²) in [5.41, 5.74) is 5.54. The van der Waals surface area contributed by atoms with Crippen LogP contribution >= 0.6 is 0 Å². The lowest BCUT2D eigenvalue weighted by Gasteiger charge is -1.90. The van der Waals surface area contributed by atoms with Crippen molar-refractivity contribution in [1.82, 2.24) is 4.98 Å². The molecule has 3 heteroatoms. The van der Waals surface area contributed by atoms with Crippen LogP contribution in [0.4, 0.5) is 5.82 Å². The Morgan fingerprint density at radius 3 is 3.00 bits per heavy atom. The van der Waals surface area contributed by atoms with E-state index in [4.69, 9.17) is 15.0 Å². The zero-order chi connectivity index (χ0) is 6.85. The van der Waals surface area contributed by atoms with Crippen molar-refractivity contribution in [3.8, 4) is 0 Å². The van der Waals surface area contributed by atoms with Crippen LogP contribution in [0.15, 0.2) is 18.2 Å². The highest BCUT2D eigenvalue weighted by atomic mass is 14.8. The number of pyridine rings is 1. The Morgan fingerprint density at radius 2 is 2.50 bits per heavy atom. The molecule has 0 saturated carbocycles. The second-order valence-corrected chi connectivity index (χ2v) is 1.42. The zero-order valence-corrected chi connectivity index (χ0v) is 4.26. The monoisotopic (exact) mass is 105 g/mol. The van der Waals surface area contributed by atoms with Crippen LogP contribution in [-0.2, 0) is 0 Å². The van der Waals surface area contributed by atoms with E-state index in [-0.39, 0.29) is 0 Å². The van der Waals surface area contributed by atoms with E-state index in [1.807, 2.05) is 0 Å². The minimum Gasteiger partial charge on any atom is -0.384 e. The van der Waals surface area contributed by atoms with E-state index in [0.717, 1.165) is 0 Å².